The number of aromatic nitrogens is 2. The van der Waals surface area contributed by atoms with Crippen LogP contribution in [-0.4, -0.2) is 15.7 Å². The van der Waals surface area contributed by atoms with Gasteiger partial charge in [-0.25, -0.2) is 0 Å². The summed E-state index contributed by atoms with van der Waals surface area (Å²) in [5.74, 6) is -0.364. The van der Waals surface area contributed by atoms with Crippen molar-refractivity contribution in [3.8, 4) is 0 Å². The largest absolute Gasteiger partial charge is 0.435 e. The minimum absolute atomic E-state index is 0.0484. The number of carbonyl (C=O) groups excluding carboxylic acids is 1. The van der Waals surface area contributed by atoms with E-state index in [0.717, 1.165) is 28.7 Å². The first-order chi connectivity index (χ1) is 13.9. The molecule has 8 heteroatoms. The second kappa shape index (κ2) is 7.94. The second-order valence-electron chi connectivity index (χ2n) is 6.84. The lowest BCUT2D eigenvalue weighted by atomic mass is 10.2. The summed E-state index contributed by atoms with van der Waals surface area (Å²) in [7, 11) is 0. The molecule has 0 bridgehead atoms. The number of hydrogen-bond acceptors (Lipinski definition) is 3. The molecule has 1 N–H and O–H groups in total. The van der Waals surface area contributed by atoms with Gasteiger partial charge < -0.3 is 5.32 Å². The van der Waals surface area contributed by atoms with Crippen LogP contribution in [0, 0.1) is 0 Å². The quantitative estimate of drug-likeness (QED) is 0.570. The van der Waals surface area contributed by atoms with E-state index in [1.54, 1.807) is 12.1 Å². The molecule has 0 atom stereocenters. The van der Waals surface area contributed by atoms with Gasteiger partial charge in [0.15, 0.2) is 5.69 Å². The Hall–Kier alpha value is -2.74. The second-order valence-corrected chi connectivity index (χ2v) is 7.96. The van der Waals surface area contributed by atoms with E-state index in [9.17, 15) is 18.0 Å². The van der Waals surface area contributed by atoms with Gasteiger partial charge in [-0.05, 0) is 43.2 Å². The van der Waals surface area contributed by atoms with Gasteiger partial charge in [0.25, 0.3) is 0 Å². The molecule has 4 rings (SSSR count). The molecule has 1 heterocycles. The summed E-state index contributed by atoms with van der Waals surface area (Å²) in [6.45, 7) is -0.258. The Labute approximate surface area is 170 Å². The fraction of sp³-hybridized carbons (Fsp3) is 0.238. The van der Waals surface area contributed by atoms with Crippen molar-refractivity contribution >= 4 is 23.4 Å². The van der Waals surface area contributed by atoms with E-state index in [1.165, 1.54) is 16.4 Å². The highest BCUT2D eigenvalue weighted by Gasteiger charge is 2.38. The van der Waals surface area contributed by atoms with Gasteiger partial charge >= 0.3 is 6.18 Å². The number of nitrogens with zero attached hydrogens (tertiary/aromatic N) is 2. The van der Waals surface area contributed by atoms with E-state index in [0.29, 0.717) is 11.4 Å². The van der Waals surface area contributed by atoms with Gasteiger partial charge in [-0.15, -0.1) is 0 Å². The van der Waals surface area contributed by atoms with E-state index in [2.05, 4.69) is 10.4 Å². The summed E-state index contributed by atoms with van der Waals surface area (Å²) in [4.78, 5) is 14.5. The number of para-hydroxylation sites is 1. The van der Waals surface area contributed by atoms with Crippen LogP contribution in [0.15, 0.2) is 70.5 Å². The van der Waals surface area contributed by atoms with Gasteiger partial charge in [-0.3, -0.25) is 9.48 Å². The van der Waals surface area contributed by atoms with Crippen molar-refractivity contribution in [2.24, 2.45) is 0 Å². The Balaban J connectivity index is 1.50. The van der Waals surface area contributed by atoms with Crippen molar-refractivity contribution in [2.75, 3.05) is 5.32 Å². The average Bonchev–Trinajstić information content (AvgIpc) is 3.43. The van der Waals surface area contributed by atoms with Crippen molar-refractivity contribution < 1.29 is 18.0 Å². The number of rotatable bonds is 6. The molecule has 4 nitrogen and oxygen atoms in total. The summed E-state index contributed by atoms with van der Waals surface area (Å²) in [6, 6.07) is 18.1. The van der Waals surface area contributed by atoms with Crippen molar-refractivity contribution in [1.29, 1.82) is 0 Å². The molecule has 1 amide bonds. The van der Waals surface area contributed by atoms with Gasteiger partial charge in [0.1, 0.15) is 6.54 Å². The van der Waals surface area contributed by atoms with Gasteiger partial charge in [0, 0.05) is 21.4 Å². The maximum atomic E-state index is 13.0. The van der Waals surface area contributed by atoms with Crippen molar-refractivity contribution in [1.82, 2.24) is 9.78 Å². The summed E-state index contributed by atoms with van der Waals surface area (Å²) in [5.41, 5.74) is 0.133. The first-order valence-corrected chi connectivity index (χ1v) is 9.98. The highest BCUT2D eigenvalue weighted by Crippen LogP contribution is 2.42. The van der Waals surface area contributed by atoms with E-state index >= 15 is 0 Å². The molecule has 2 aromatic carbocycles. The summed E-state index contributed by atoms with van der Waals surface area (Å²) in [5, 5.41) is 6.45. The van der Waals surface area contributed by atoms with Crippen LogP contribution in [0.3, 0.4) is 0 Å². The smallest absolute Gasteiger partial charge is 0.323 e. The number of carbonyl (C=O) groups is 1. The Bertz CT molecular complexity index is 1010. The highest BCUT2D eigenvalue weighted by atomic mass is 32.2. The van der Waals surface area contributed by atoms with Crippen LogP contribution in [0.2, 0.25) is 0 Å². The zero-order chi connectivity index (χ0) is 20.4. The maximum Gasteiger partial charge on any atom is 0.435 e. The molecule has 1 aliphatic carbocycles. The van der Waals surface area contributed by atoms with Crippen LogP contribution in [0.5, 0.6) is 0 Å². The van der Waals surface area contributed by atoms with Crippen LogP contribution in [0.4, 0.5) is 18.9 Å². The standard InChI is InChI=1S/C21H18F3N3OS/c22-21(23,24)19-12-17(14-10-11-14)27(26-19)13-20(28)25-16-8-4-5-9-18(16)29-15-6-2-1-3-7-15/h1-9,12,14H,10-11,13H2,(H,25,28). The zero-order valence-corrected chi connectivity index (χ0v) is 16.1. The van der Waals surface area contributed by atoms with E-state index in [1.807, 2.05) is 42.5 Å². The number of nitrogens with one attached hydrogen (secondary N) is 1. The van der Waals surface area contributed by atoms with Gasteiger partial charge in [0.2, 0.25) is 5.91 Å². The van der Waals surface area contributed by atoms with Crippen LogP contribution >= 0.6 is 11.8 Å². The fourth-order valence-corrected chi connectivity index (χ4v) is 3.93. The highest BCUT2D eigenvalue weighted by molar-refractivity contribution is 7.99. The maximum absolute atomic E-state index is 13.0. The third-order valence-electron chi connectivity index (χ3n) is 4.52. The lowest BCUT2D eigenvalue weighted by Crippen LogP contribution is -2.21. The zero-order valence-electron chi connectivity index (χ0n) is 15.3. The van der Waals surface area contributed by atoms with Gasteiger partial charge in [0.05, 0.1) is 5.69 Å². The van der Waals surface area contributed by atoms with Gasteiger partial charge in [-0.2, -0.15) is 18.3 Å². The van der Waals surface area contributed by atoms with Crippen LogP contribution in [0.25, 0.3) is 0 Å². The predicted octanol–water partition coefficient (Wildman–Crippen LogP) is 5.57. The fourth-order valence-electron chi connectivity index (χ4n) is 3.00. The van der Waals surface area contributed by atoms with Crippen LogP contribution in [-0.2, 0) is 17.5 Å². The monoisotopic (exact) mass is 417 g/mol. The molecule has 1 aromatic heterocycles. The molecule has 1 aliphatic rings. The van der Waals surface area contributed by atoms with Crippen molar-refractivity contribution in [3.05, 3.63) is 72.1 Å². The Morgan fingerprint density at radius 2 is 1.79 bits per heavy atom. The number of hydrogen-bond donors (Lipinski definition) is 1. The first-order valence-electron chi connectivity index (χ1n) is 9.17. The van der Waals surface area contributed by atoms with E-state index in [4.69, 9.17) is 0 Å². The normalized spacial score (nSPS) is 14.0. The molecule has 0 aliphatic heterocycles. The molecule has 0 saturated heterocycles. The molecule has 3 aromatic rings. The minimum Gasteiger partial charge on any atom is -0.323 e. The minimum atomic E-state index is -4.52. The summed E-state index contributed by atoms with van der Waals surface area (Å²) < 4.78 is 40.3. The number of benzene rings is 2. The Kier molecular flexibility index (Phi) is 5.36. The molecular weight excluding hydrogens is 399 g/mol. The first kappa shape index (κ1) is 19.6. The summed E-state index contributed by atoms with van der Waals surface area (Å²) in [6.07, 6.45) is -2.88. The lowest BCUT2D eigenvalue weighted by Gasteiger charge is -2.12. The molecular formula is C21H18F3N3OS. The molecule has 0 spiro atoms. The number of alkyl halides is 3. The number of anilines is 1. The van der Waals surface area contributed by atoms with Crippen LogP contribution in [0.1, 0.15) is 30.1 Å². The molecule has 1 fully saturated rings. The molecule has 0 radical (unpaired) electrons. The Morgan fingerprint density at radius 3 is 2.48 bits per heavy atom. The molecule has 150 valence electrons. The summed E-state index contributed by atoms with van der Waals surface area (Å²) >= 11 is 1.50. The van der Waals surface area contributed by atoms with Crippen molar-refractivity contribution in [3.63, 3.8) is 0 Å². The van der Waals surface area contributed by atoms with E-state index < -0.39 is 17.8 Å². The topological polar surface area (TPSA) is 46.9 Å². The third-order valence-corrected chi connectivity index (χ3v) is 5.61. The number of halogens is 3. The molecule has 0 unspecified atom stereocenters. The predicted molar refractivity (Wildman–Crippen MR) is 105 cm³/mol. The number of amides is 1. The van der Waals surface area contributed by atoms with Crippen molar-refractivity contribution in [2.45, 2.75) is 41.3 Å². The molecule has 29 heavy (non-hydrogen) atoms. The van der Waals surface area contributed by atoms with Crippen LogP contribution < -0.4 is 5.32 Å². The average molecular weight is 417 g/mol. The Morgan fingerprint density at radius 1 is 1.10 bits per heavy atom. The SMILES string of the molecule is O=C(Cn1nc(C(F)(F)F)cc1C1CC1)Nc1ccccc1Sc1ccccc1. The third kappa shape index (κ3) is 4.82. The van der Waals surface area contributed by atoms with Gasteiger partial charge in [-0.1, -0.05) is 42.1 Å². The van der Waals surface area contributed by atoms with E-state index in [-0.39, 0.29) is 12.5 Å². The lowest BCUT2D eigenvalue weighted by molar-refractivity contribution is -0.141. The molecule has 1 saturated carbocycles.